The Bertz CT molecular complexity index is 1490. The Morgan fingerprint density at radius 1 is 0.976 bits per heavy atom. The molecule has 5 rings (SSSR count). The van der Waals surface area contributed by atoms with Crippen molar-refractivity contribution in [1.82, 2.24) is 0 Å². The number of rotatable bonds is 8. The molecule has 8 atom stereocenters. The molecule has 3 aromatic rings. The van der Waals surface area contributed by atoms with Crippen LogP contribution in [0.25, 0.3) is 22.1 Å². The molecule has 2 aliphatic rings. The minimum atomic E-state index is -1.95. The van der Waals surface area contributed by atoms with E-state index in [0.29, 0.717) is 5.56 Å². The third-order valence-corrected chi connectivity index (χ3v) is 7.22. The fourth-order valence-corrected chi connectivity index (χ4v) is 4.77. The van der Waals surface area contributed by atoms with Crippen molar-refractivity contribution in [2.24, 2.45) is 0 Å². The maximum Gasteiger partial charge on any atom is 0.336 e. The molecule has 0 unspecified atom stereocenters. The number of hydrogen-bond acceptors (Lipinski definition) is 15. The van der Waals surface area contributed by atoms with Gasteiger partial charge in [0.25, 0.3) is 0 Å². The average molecular weight is 595 g/mol. The molecule has 0 bridgehead atoms. The first-order valence-corrected chi connectivity index (χ1v) is 12.7. The maximum atomic E-state index is 12.4. The van der Waals surface area contributed by atoms with E-state index in [2.05, 4.69) is 0 Å². The Labute approximate surface area is 236 Å². The fourth-order valence-electron chi connectivity index (χ4n) is 4.77. The number of fused-ring (bicyclic) bond motifs is 1. The summed E-state index contributed by atoms with van der Waals surface area (Å²) < 4.78 is 32.9. The largest absolute Gasteiger partial charge is 0.504 e. The van der Waals surface area contributed by atoms with E-state index in [4.69, 9.17) is 28.1 Å². The molecule has 42 heavy (non-hydrogen) atoms. The number of aliphatic hydroxyl groups is 6. The zero-order valence-electron chi connectivity index (χ0n) is 22.1. The van der Waals surface area contributed by atoms with Gasteiger partial charge >= 0.3 is 5.63 Å². The molecule has 2 fully saturated rings. The van der Waals surface area contributed by atoms with Gasteiger partial charge in [0.15, 0.2) is 17.8 Å². The maximum absolute atomic E-state index is 12.4. The van der Waals surface area contributed by atoms with Gasteiger partial charge in [-0.15, -0.1) is 0 Å². The van der Waals surface area contributed by atoms with Crippen molar-refractivity contribution in [3.05, 3.63) is 46.8 Å². The summed E-state index contributed by atoms with van der Waals surface area (Å²) in [7, 11) is 1.35. The van der Waals surface area contributed by atoms with Crippen LogP contribution < -0.4 is 15.1 Å². The van der Waals surface area contributed by atoms with Gasteiger partial charge in [-0.1, -0.05) is 6.07 Å². The van der Waals surface area contributed by atoms with Crippen molar-refractivity contribution in [1.29, 1.82) is 0 Å². The second kappa shape index (κ2) is 11.6. The van der Waals surface area contributed by atoms with Gasteiger partial charge in [0.2, 0.25) is 6.29 Å². The van der Waals surface area contributed by atoms with Gasteiger partial charge in [0, 0.05) is 23.8 Å². The lowest BCUT2D eigenvalue weighted by atomic mass is 9.98. The van der Waals surface area contributed by atoms with E-state index in [1.54, 1.807) is 0 Å². The number of phenolic OH excluding ortho intramolecular Hbond substituents is 2. The molecule has 2 saturated heterocycles. The lowest BCUT2D eigenvalue weighted by Gasteiger charge is -2.40. The van der Waals surface area contributed by atoms with Crippen molar-refractivity contribution < 1.29 is 69.0 Å². The first-order valence-electron chi connectivity index (χ1n) is 12.7. The second-order valence-corrected chi connectivity index (χ2v) is 10.0. The molecule has 15 heteroatoms. The topological polar surface area (TPSA) is 238 Å². The number of aromatic hydroxyl groups is 2. The van der Waals surface area contributed by atoms with Crippen LogP contribution in [0.4, 0.5) is 0 Å². The monoisotopic (exact) mass is 594 g/mol. The molecule has 2 aromatic carbocycles. The van der Waals surface area contributed by atoms with Gasteiger partial charge in [-0.05, 0) is 17.7 Å². The van der Waals surface area contributed by atoms with Crippen LogP contribution in [0.1, 0.15) is 0 Å². The van der Waals surface area contributed by atoms with Crippen LogP contribution >= 0.6 is 0 Å². The molecule has 0 amide bonds. The number of aliphatic hydroxyl groups excluding tert-OH is 5. The standard InChI is InChI=1S/C27H30O15/c1-37-12-5-16-20(13(7-19(31)40-16)11-2-3-14(29)15(30)4-11)17(6-12)41-25-23(34)22(33)21(32)18(42-25)8-38-26-24(35)27(36,9-28)10-39-26/h2-7,18,21-26,28-30,32-36H,8-10H2,1H3/t18-,21-,22+,23-,24+,25-,26+,27-/m0/s1. The van der Waals surface area contributed by atoms with Gasteiger partial charge in [0.1, 0.15) is 53.2 Å². The van der Waals surface area contributed by atoms with Crippen LogP contribution in [0.15, 0.2) is 45.6 Å². The Balaban J connectivity index is 1.47. The van der Waals surface area contributed by atoms with Gasteiger partial charge in [-0.25, -0.2) is 4.79 Å². The Kier molecular flexibility index (Phi) is 8.30. The van der Waals surface area contributed by atoms with Crippen LogP contribution in [-0.2, 0) is 14.2 Å². The number of phenols is 2. The van der Waals surface area contributed by atoms with Gasteiger partial charge in [-0.3, -0.25) is 0 Å². The predicted octanol–water partition coefficient (Wildman–Crippen LogP) is -1.48. The Morgan fingerprint density at radius 2 is 1.74 bits per heavy atom. The summed E-state index contributed by atoms with van der Waals surface area (Å²) in [6, 6.07) is 7.80. The number of methoxy groups -OCH3 is 1. The second-order valence-electron chi connectivity index (χ2n) is 10.0. The van der Waals surface area contributed by atoms with E-state index in [1.165, 1.54) is 37.4 Å². The van der Waals surface area contributed by atoms with Crippen LogP contribution in [0.3, 0.4) is 0 Å². The summed E-state index contributed by atoms with van der Waals surface area (Å²) in [5.74, 6) is -0.712. The number of ether oxygens (including phenoxy) is 5. The third kappa shape index (κ3) is 5.49. The summed E-state index contributed by atoms with van der Waals surface area (Å²) in [5.41, 5.74) is -2.20. The van der Waals surface area contributed by atoms with Crippen molar-refractivity contribution in [2.45, 2.75) is 48.7 Å². The van der Waals surface area contributed by atoms with Crippen LogP contribution in [0.5, 0.6) is 23.0 Å². The van der Waals surface area contributed by atoms with E-state index in [1.807, 2.05) is 0 Å². The minimum absolute atomic E-state index is 0.00563. The quantitative estimate of drug-likeness (QED) is 0.110. The zero-order valence-corrected chi connectivity index (χ0v) is 22.1. The van der Waals surface area contributed by atoms with Crippen LogP contribution in [0.2, 0.25) is 0 Å². The normalized spacial score (nSPS) is 31.4. The molecule has 0 radical (unpaired) electrons. The SMILES string of the molecule is COc1cc(O[C@H]2O[C@@H](CO[C@@H]3OC[C@@](O)(CO)[C@@H]3O)[C@H](O)[C@@H](O)[C@@H]2O)c2c(-c3ccc(O)c(O)c3)cc(=O)oc2c1. The molecule has 8 N–H and O–H groups in total. The molecule has 0 saturated carbocycles. The van der Waals surface area contributed by atoms with Gasteiger partial charge in [0.05, 0.1) is 32.3 Å². The van der Waals surface area contributed by atoms with Crippen LogP contribution in [-0.4, -0.2) is 116 Å². The fraction of sp³-hybridized carbons (Fsp3) is 0.444. The van der Waals surface area contributed by atoms with E-state index >= 15 is 0 Å². The molecule has 3 heterocycles. The average Bonchev–Trinajstić information content (AvgIpc) is 3.26. The molecular weight excluding hydrogens is 564 g/mol. The van der Waals surface area contributed by atoms with E-state index in [-0.39, 0.29) is 33.8 Å². The number of hydrogen-bond donors (Lipinski definition) is 8. The van der Waals surface area contributed by atoms with E-state index < -0.39 is 79.9 Å². The highest BCUT2D eigenvalue weighted by Gasteiger charge is 2.50. The molecule has 15 nitrogen and oxygen atoms in total. The van der Waals surface area contributed by atoms with Crippen molar-refractivity contribution in [2.75, 3.05) is 26.9 Å². The Hall–Kier alpha value is -3.51. The Morgan fingerprint density at radius 3 is 2.40 bits per heavy atom. The molecular formula is C27H30O15. The number of benzene rings is 2. The van der Waals surface area contributed by atoms with Crippen molar-refractivity contribution in [3.8, 4) is 34.1 Å². The summed E-state index contributed by atoms with van der Waals surface area (Å²) in [6.07, 6.45) is -11.2. The van der Waals surface area contributed by atoms with Crippen LogP contribution in [0, 0.1) is 0 Å². The summed E-state index contributed by atoms with van der Waals surface area (Å²) in [6.45, 7) is -1.71. The smallest absolute Gasteiger partial charge is 0.336 e. The highest BCUT2D eigenvalue weighted by molar-refractivity contribution is 5.98. The summed E-state index contributed by atoms with van der Waals surface area (Å²) in [5, 5.41) is 81.5. The highest BCUT2D eigenvalue weighted by Crippen LogP contribution is 2.41. The predicted molar refractivity (Wildman–Crippen MR) is 139 cm³/mol. The minimum Gasteiger partial charge on any atom is -0.504 e. The summed E-state index contributed by atoms with van der Waals surface area (Å²) in [4.78, 5) is 12.4. The van der Waals surface area contributed by atoms with E-state index in [9.17, 15) is 45.6 Å². The molecule has 0 aliphatic carbocycles. The third-order valence-electron chi connectivity index (χ3n) is 7.22. The van der Waals surface area contributed by atoms with E-state index in [0.717, 1.165) is 6.07 Å². The van der Waals surface area contributed by atoms with Gasteiger partial charge in [-0.2, -0.15) is 0 Å². The zero-order chi connectivity index (χ0) is 30.3. The highest BCUT2D eigenvalue weighted by atomic mass is 16.7. The molecule has 2 aliphatic heterocycles. The first kappa shape index (κ1) is 30.0. The van der Waals surface area contributed by atoms with Gasteiger partial charge < -0.3 is 69.0 Å². The molecule has 228 valence electrons. The molecule has 0 spiro atoms. The van der Waals surface area contributed by atoms with Crippen molar-refractivity contribution in [3.63, 3.8) is 0 Å². The summed E-state index contributed by atoms with van der Waals surface area (Å²) >= 11 is 0. The van der Waals surface area contributed by atoms with Crippen molar-refractivity contribution >= 4 is 11.0 Å². The lowest BCUT2D eigenvalue weighted by Crippen LogP contribution is -2.60. The lowest BCUT2D eigenvalue weighted by molar-refractivity contribution is -0.289. The molecule has 1 aromatic heterocycles. The first-order chi connectivity index (χ1) is 19.9.